The van der Waals surface area contributed by atoms with Gasteiger partial charge in [-0.3, -0.25) is 4.79 Å². The number of amides is 1. The number of hydrogen-bond donors (Lipinski definition) is 0. The maximum atomic E-state index is 13.5. The monoisotopic (exact) mass is 518 g/mol. The second kappa shape index (κ2) is 9.25. The molecule has 1 saturated heterocycles. The van der Waals surface area contributed by atoms with E-state index in [4.69, 9.17) is 4.74 Å². The van der Waals surface area contributed by atoms with Crippen LogP contribution in [0.2, 0.25) is 0 Å². The van der Waals surface area contributed by atoms with Gasteiger partial charge < -0.3 is 9.64 Å². The van der Waals surface area contributed by atoms with Crippen molar-refractivity contribution in [1.29, 1.82) is 0 Å². The summed E-state index contributed by atoms with van der Waals surface area (Å²) in [7, 11) is 0. The summed E-state index contributed by atoms with van der Waals surface area (Å²) in [4.78, 5) is 26.4. The fourth-order valence-corrected chi connectivity index (χ4v) is 4.92. The minimum absolute atomic E-state index is 0.00101. The summed E-state index contributed by atoms with van der Waals surface area (Å²) in [6.07, 6.45) is -4.23. The number of alkyl halides is 5. The van der Waals surface area contributed by atoms with Crippen molar-refractivity contribution in [2.45, 2.75) is 71.1 Å². The lowest BCUT2D eigenvalue weighted by atomic mass is 9.84. The van der Waals surface area contributed by atoms with Crippen molar-refractivity contribution in [3.8, 4) is 16.7 Å². The van der Waals surface area contributed by atoms with Crippen LogP contribution in [0.15, 0.2) is 11.4 Å². The van der Waals surface area contributed by atoms with E-state index in [0.29, 0.717) is 38.0 Å². The Morgan fingerprint density at radius 3 is 2.37 bits per heavy atom. The second-order valence-electron chi connectivity index (χ2n) is 10.3. The molecule has 0 aromatic carbocycles. The van der Waals surface area contributed by atoms with Gasteiger partial charge in [-0.25, -0.2) is 18.7 Å². The minimum Gasteiger partial charge on any atom is -0.470 e. The zero-order valence-corrected chi connectivity index (χ0v) is 20.5. The van der Waals surface area contributed by atoms with E-state index >= 15 is 0 Å². The number of aromatic nitrogens is 3. The van der Waals surface area contributed by atoms with E-state index in [1.807, 2.05) is 20.8 Å². The molecule has 12 heteroatoms. The molecule has 0 radical (unpaired) electrons. The van der Waals surface area contributed by atoms with Gasteiger partial charge in [0.15, 0.2) is 16.5 Å². The maximum Gasteiger partial charge on any atom is 0.434 e. The number of nitrogens with zero attached hydrogens (tertiary/aromatic N) is 4. The molecule has 192 valence electrons. The Morgan fingerprint density at radius 2 is 1.80 bits per heavy atom. The van der Waals surface area contributed by atoms with E-state index in [2.05, 4.69) is 15.0 Å². The highest BCUT2D eigenvalue weighted by Crippen LogP contribution is 2.38. The van der Waals surface area contributed by atoms with E-state index in [1.54, 1.807) is 11.0 Å². The lowest BCUT2D eigenvalue weighted by Crippen LogP contribution is -2.58. The van der Waals surface area contributed by atoms with Gasteiger partial charge in [0.25, 0.3) is 0 Å². The Hall–Kier alpha value is -2.37. The quantitative estimate of drug-likeness (QED) is 0.481. The summed E-state index contributed by atoms with van der Waals surface area (Å²) in [5.41, 5.74) is -1.04. The standard InChI is InChI=1S/C23H27F5N4O2S/c1-21(2,3)20(33)32-10-15(11-32)34-17-9-14(8-13-4-6-22(24,25)7-5-13)29-18(31-17)19-30-16(12-35-19)23(26,27)28/h9,12-13,15H,4-8,10-11H2,1-3H3. The summed E-state index contributed by atoms with van der Waals surface area (Å²) >= 11 is 0.775. The van der Waals surface area contributed by atoms with Gasteiger partial charge in [-0.05, 0) is 25.2 Å². The number of thiazole rings is 1. The summed E-state index contributed by atoms with van der Waals surface area (Å²) < 4.78 is 72.1. The topological polar surface area (TPSA) is 68.2 Å². The minimum atomic E-state index is -4.59. The van der Waals surface area contributed by atoms with Crippen LogP contribution in [0.25, 0.3) is 10.8 Å². The highest BCUT2D eigenvalue weighted by atomic mass is 32.1. The average molecular weight is 519 g/mol. The third-order valence-corrected chi connectivity index (χ3v) is 6.98. The van der Waals surface area contributed by atoms with Crippen molar-refractivity contribution in [3.05, 3.63) is 22.8 Å². The van der Waals surface area contributed by atoms with Gasteiger partial charge in [-0.15, -0.1) is 11.3 Å². The molecule has 1 aliphatic heterocycles. The van der Waals surface area contributed by atoms with Crippen LogP contribution in [0.1, 0.15) is 57.8 Å². The zero-order valence-electron chi connectivity index (χ0n) is 19.7. The van der Waals surface area contributed by atoms with Crippen LogP contribution in [-0.4, -0.2) is 50.9 Å². The Morgan fingerprint density at radius 1 is 1.14 bits per heavy atom. The van der Waals surface area contributed by atoms with Crippen molar-refractivity contribution in [2.24, 2.45) is 11.3 Å². The molecule has 2 aromatic heterocycles. The summed E-state index contributed by atoms with van der Waals surface area (Å²) in [5.74, 6) is -2.51. The molecule has 0 atom stereocenters. The number of halogens is 5. The van der Waals surface area contributed by atoms with E-state index < -0.39 is 23.2 Å². The first-order valence-corrected chi connectivity index (χ1v) is 12.3. The molecule has 2 aromatic rings. The zero-order chi connectivity index (χ0) is 25.6. The van der Waals surface area contributed by atoms with Crippen LogP contribution in [0, 0.1) is 11.3 Å². The normalized spacial score (nSPS) is 19.5. The SMILES string of the molecule is CC(C)(C)C(=O)N1CC(Oc2cc(CC3CCC(F)(F)CC3)nc(-c3nc(C(F)(F)F)cs3)n2)C1. The largest absolute Gasteiger partial charge is 0.470 e. The maximum absolute atomic E-state index is 13.5. The summed E-state index contributed by atoms with van der Waals surface area (Å²) in [6, 6.07) is 1.60. The number of likely N-dealkylation sites (tertiary alicyclic amines) is 1. The second-order valence-corrected chi connectivity index (χ2v) is 11.1. The molecule has 1 aliphatic carbocycles. The number of carbonyl (C=O) groups excluding carboxylic acids is 1. The van der Waals surface area contributed by atoms with Crippen LogP contribution < -0.4 is 4.74 Å². The predicted octanol–water partition coefficient (Wildman–Crippen LogP) is 5.62. The van der Waals surface area contributed by atoms with Crippen LogP contribution >= 0.6 is 11.3 Å². The van der Waals surface area contributed by atoms with Gasteiger partial charge in [0.1, 0.15) is 6.10 Å². The molecule has 0 bridgehead atoms. The van der Waals surface area contributed by atoms with E-state index in [1.165, 1.54) is 0 Å². The first-order valence-electron chi connectivity index (χ1n) is 11.4. The molecule has 4 rings (SSSR count). The third-order valence-electron chi connectivity index (χ3n) is 6.14. The Kier molecular flexibility index (Phi) is 6.80. The van der Waals surface area contributed by atoms with Crippen LogP contribution in [0.3, 0.4) is 0 Å². The molecule has 0 N–H and O–H groups in total. The summed E-state index contributed by atoms with van der Waals surface area (Å²) in [6.45, 7) is 6.24. The van der Waals surface area contributed by atoms with Crippen LogP contribution in [0.4, 0.5) is 22.0 Å². The number of hydrogen-bond acceptors (Lipinski definition) is 6. The molecule has 0 unspecified atom stereocenters. The fraction of sp³-hybridized carbons (Fsp3) is 0.652. The fourth-order valence-electron chi connectivity index (χ4n) is 4.16. The third kappa shape index (κ3) is 6.25. The van der Waals surface area contributed by atoms with Crippen molar-refractivity contribution < 1.29 is 31.5 Å². The number of rotatable bonds is 5. The molecule has 2 fully saturated rings. The van der Waals surface area contributed by atoms with Crippen molar-refractivity contribution in [2.75, 3.05) is 13.1 Å². The molecule has 0 spiro atoms. The molecule has 1 amide bonds. The lowest BCUT2D eigenvalue weighted by Gasteiger charge is -2.41. The predicted molar refractivity (Wildman–Crippen MR) is 119 cm³/mol. The molecule has 35 heavy (non-hydrogen) atoms. The Labute approximate surface area is 203 Å². The molecule has 3 heterocycles. The molecular weight excluding hydrogens is 491 g/mol. The number of carbonyl (C=O) groups is 1. The first kappa shape index (κ1) is 25.7. The van der Waals surface area contributed by atoms with Crippen molar-refractivity contribution in [1.82, 2.24) is 19.9 Å². The molecular formula is C23H27F5N4O2S. The van der Waals surface area contributed by atoms with Gasteiger partial charge in [-0.2, -0.15) is 18.2 Å². The highest BCUT2D eigenvalue weighted by molar-refractivity contribution is 7.13. The highest BCUT2D eigenvalue weighted by Gasteiger charge is 2.38. The summed E-state index contributed by atoms with van der Waals surface area (Å²) in [5, 5.41) is 0.897. The molecule has 1 saturated carbocycles. The van der Waals surface area contributed by atoms with Gasteiger partial charge >= 0.3 is 6.18 Å². The van der Waals surface area contributed by atoms with Gasteiger partial charge in [0, 0.05) is 35.4 Å². The van der Waals surface area contributed by atoms with Crippen molar-refractivity contribution >= 4 is 17.2 Å². The van der Waals surface area contributed by atoms with E-state index in [9.17, 15) is 26.7 Å². The number of ether oxygens (including phenoxy) is 1. The Bertz CT molecular complexity index is 1070. The average Bonchev–Trinajstić information content (AvgIpc) is 3.22. The van der Waals surface area contributed by atoms with Crippen LogP contribution in [0.5, 0.6) is 5.88 Å². The molecule has 2 aliphatic rings. The van der Waals surface area contributed by atoms with Gasteiger partial charge in [0.05, 0.1) is 13.1 Å². The van der Waals surface area contributed by atoms with Crippen molar-refractivity contribution in [3.63, 3.8) is 0 Å². The Balaban J connectivity index is 1.53. The lowest BCUT2D eigenvalue weighted by molar-refractivity contribution is -0.148. The smallest absolute Gasteiger partial charge is 0.434 e. The van der Waals surface area contributed by atoms with Gasteiger partial charge in [-0.1, -0.05) is 20.8 Å². The van der Waals surface area contributed by atoms with E-state index in [-0.39, 0.29) is 47.5 Å². The van der Waals surface area contributed by atoms with Gasteiger partial charge in [0.2, 0.25) is 17.7 Å². The first-order chi connectivity index (χ1) is 16.2. The van der Waals surface area contributed by atoms with Crippen LogP contribution in [-0.2, 0) is 17.4 Å². The van der Waals surface area contributed by atoms with E-state index in [0.717, 1.165) is 16.7 Å². The molecule has 6 nitrogen and oxygen atoms in total.